The summed E-state index contributed by atoms with van der Waals surface area (Å²) in [5, 5.41) is 0.816. The molecule has 0 N–H and O–H groups in total. The Morgan fingerprint density at radius 1 is 0.581 bits per heavy atom. The highest BCUT2D eigenvalue weighted by atomic mass is 35.5. The summed E-state index contributed by atoms with van der Waals surface area (Å²) in [5.74, 6) is 12.9. The summed E-state index contributed by atoms with van der Waals surface area (Å²) >= 11 is 6.44. The van der Waals surface area contributed by atoms with Gasteiger partial charge in [0.2, 0.25) is 0 Å². The van der Waals surface area contributed by atoms with E-state index in [4.69, 9.17) is 11.6 Å². The monoisotopic (exact) mass is 424 g/mol. The van der Waals surface area contributed by atoms with Gasteiger partial charge < -0.3 is 0 Å². The number of benzene rings is 3. The van der Waals surface area contributed by atoms with E-state index in [1.807, 2.05) is 30.3 Å². The van der Waals surface area contributed by atoms with Crippen LogP contribution in [0.25, 0.3) is 0 Å². The molecule has 0 aliphatic carbocycles. The molecule has 3 rings (SSSR count). The highest BCUT2D eigenvalue weighted by molar-refractivity contribution is 6.31. The molecular formula is C30H29Cl. The number of aryl methyl sites for hydroxylation is 2. The summed E-state index contributed by atoms with van der Waals surface area (Å²) < 4.78 is 0. The molecule has 0 spiro atoms. The second kappa shape index (κ2) is 12.1. The lowest BCUT2D eigenvalue weighted by molar-refractivity contribution is 0.717. The Bertz CT molecular complexity index is 1100. The standard InChI is InChI=1S/C30H29Cl/c1-3-5-6-8-29-22-21-28(23-30(29)31)20-19-27-17-15-26(16-18-27)14-13-25-11-9-24(7-4-2)10-12-25/h9-12,15-18,21-23H,3-8H2,1-2H3. The number of unbranched alkanes of at least 4 members (excludes halogenated alkanes) is 2. The summed E-state index contributed by atoms with van der Waals surface area (Å²) in [5.41, 5.74) is 6.52. The van der Waals surface area contributed by atoms with Gasteiger partial charge in [-0.2, -0.15) is 0 Å². The van der Waals surface area contributed by atoms with Gasteiger partial charge in [0.05, 0.1) is 0 Å². The molecule has 0 unspecified atom stereocenters. The summed E-state index contributed by atoms with van der Waals surface area (Å²) in [6.45, 7) is 4.41. The minimum atomic E-state index is 0.816. The first-order valence-corrected chi connectivity index (χ1v) is 11.6. The van der Waals surface area contributed by atoms with Crippen LogP contribution in [0.1, 0.15) is 72.9 Å². The van der Waals surface area contributed by atoms with Crippen molar-refractivity contribution in [1.29, 1.82) is 0 Å². The van der Waals surface area contributed by atoms with E-state index < -0.39 is 0 Å². The average Bonchev–Trinajstić information content (AvgIpc) is 2.79. The van der Waals surface area contributed by atoms with E-state index >= 15 is 0 Å². The maximum absolute atomic E-state index is 6.44. The zero-order valence-electron chi connectivity index (χ0n) is 18.5. The van der Waals surface area contributed by atoms with Gasteiger partial charge >= 0.3 is 0 Å². The maximum atomic E-state index is 6.44. The Kier molecular flexibility index (Phi) is 8.84. The average molecular weight is 425 g/mol. The van der Waals surface area contributed by atoms with E-state index in [1.54, 1.807) is 0 Å². The molecule has 0 saturated heterocycles. The molecule has 0 aliphatic rings. The molecule has 3 aromatic carbocycles. The third-order valence-electron chi connectivity index (χ3n) is 5.18. The molecule has 1 heteroatoms. The topological polar surface area (TPSA) is 0 Å². The van der Waals surface area contributed by atoms with Crippen LogP contribution in [0.3, 0.4) is 0 Å². The molecule has 0 amide bonds. The molecule has 0 nitrogen and oxygen atoms in total. The van der Waals surface area contributed by atoms with Gasteiger partial charge in [0, 0.05) is 27.3 Å². The van der Waals surface area contributed by atoms with Gasteiger partial charge in [-0.25, -0.2) is 0 Å². The predicted molar refractivity (Wildman–Crippen MR) is 134 cm³/mol. The van der Waals surface area contributed by atoms with Gasteiger partial charge in [0.1, 0.15) is 0 Å². The normalized spacial score (nSPS) is 10.0. The van der Waals surface area contributed by atoms with Crippen molar-refractivity contribution >= 4 is 11.6 Å². The first-order valence-electron chi connectivity index (χ1n) is 11.2. The zero-order valence-corrected chi connectivity index (χ0v) is 19.2. The molecular weight excluding hydrogens is 396 g/mol. The van der Waals surface area contributed by atoms with Crippen LogP contribution in [0.15, 0.2) is 66.7 Å². The fourth-order valence-corrected chi connectivity index (χ4v) is 3.64. The van der Waals surface area contributed by atoms with Gasteiger partial charge in [0.25, 0.3) is 0 Å². The maximum Gasteiger partial charge on any atom is 0.0450 e. The third kappa shape index (κ3) is 7.36. The molecule has 31 heavy (non-hydrogen) atoms. The molecule has 0 bridgehead atoms. The Balaban J connectivity index is 1.63. The SMILES string of the molecule is CCCCCc1ccc(C#Cc2ccc(C#Cc3ccc(CCC)cc3)cc2)cc1Cl. The van der Waals surface area contributed by atoms with E-state index in [1.165, 1.54) is 30.4 Å². The molecule has 0 aliphatic heterocycles. The molecule has 0 radical (unpaired) electrons. The van der Waals surface area contributed by atoms with Crippen molar-refractivity contribution in [2.75, 3.05) is 0 Å². The number of hydrogen-bond donors (Lipinski definition) is 0. The van der Waals surface area contributed by atoms with E-state index in [0.29, 0.717) is 0 Å². The van der Waals surface area contributed by atoms with Crippen molar-refractivity contribution in [3.63, 3.8) is 0 Å². The lowest BCUT2D eigenvalue weighted by Gasteiger charge is -2.04. The Morgan fingerprint density at radius 2 is 1.10 bits per heavy atom. The summed E-state index contributed by atoms with van der Waals surface area (Å²) in [6, 6.07) is 22.7. The van der Waals surface area contributed by atoms with Crippen LogP contribution in [0, 0.1) is 23.7 Å². The Morgan fingerprint density at radius 3 is 1.61 bits per heavy atom. The van der Waals surface area contributed by atoms with Crippen LogP contribution >= 0.6 is 11.6 Å². The largest absolute Gasteiger partial charge is 0.0840 e. The van der Waals surface area contributed by atoms with Crippen LogP contribution in [0.4, 0.5) is 0 Å². The first kappa shape index (κ1) is 22.7. The fourth-order valence-electron chi connectivity index (χ4n) is 3.36. The first-order chi connectivity index (χ1) is 15.2. The highest BCUT2D eigenvalue weighted by Gasteiger charge is 2.01. The van der Waals surface area contributed by atoms with E-state index in [0.717, 1.165) is 46.5 Å². The van der Waals surface area contributed by atoms with Crippen LogP contribution in [-0.2, 0) is 12.8 Å². The van der Waals surface area contributed by atoms with Crippen molar-refractivity contribution in [2.24, 2.45) is 0 Å². The van der Waals surface area contributed by atoms with Crippen molar-refractivity contribution in [3.8, 4) is 23.7 Å². The highest BCUT2D eigenvalue weighted by Crippen LogP contribution is 2.20. The number of halogens is 1. The molecule has 3 aromatic rings. The van der Waals surface area contributed by atoms with Crippen LogP contribution < -0.4 is 0 Å². The Labute approximate surface area is 192 Å². The van der Waals surface area contributed by atoms with Crippen molar-refractivity contribution < 1.29 is 0 Å². The van der Waals surface area contributed by atoms with Gasteiger partial charge in [-0.15, -0.1) is 0 Å². The van der Waals surface area contributed by atoms with Gasteiger partial charge in [0.15, 0.2) is 0 Å². The summed E-state index contributed by atoms with van der Waals surface area (Å²) in [4.78, 5) is 0. The minimum Gasteiger partial charge on any atom is -0.0840 e. The molecule has 0 atom stereocenters. The molecule has 0 saturated carbocycles. The molecule has 0 heterocycles. The van der Waals surface area contributed by atoms with Crippen molar-refractivity contribution in [1.82, 2.24) is 0 Å². The van der Waals surface area contributed by atoms with Gasteiger partial charge in [-0.3, -0.25) is 0 Å². The molecule has 156 valence electrons. The van der Waals surface area contributed by atoms with Gasteiger partial charge in [-0.1, -0.05) is 86.6 Å². The fraction of sp³-hybridized carbons (Fsp3) is 0.267. The molecule has 0 aromatic heterocycles. The van der Waals surface area contributed by atoms with Crippen LogP contribution in [0.2, 0.25) is 5.02 Å². The van der Waals surface area contributed by atoms with Crippen LogP contribution in [0.5, 0.6) is 0 Å². The zero-order chi connectivity index (χ0) is 21.9. The quantitative estimate of drug-likeness (QED) is 0.279. The predicted octanol–water partition coefficient (Wildman–Crippen LogP) is 7.82. The van der Waals surface area contributed by atoms with Crippen molar-refractivity contribution in [3.05, 3.63) is 105 Å². The van der Waals surface area contributed by atoms with E-state index in [-0.39, 0.29) is 0 Å². The summed E-state index contributed by atoms with van der Waals surface area (Å²) in [6.07, 6.45) is 6.96. The van der Waals surface area contributed by atoms with Crippen molar-refractivity contribution in [2.45, 2.75) is 52.4 Å². The minimum absolute atomic E-state index is 0.816. The lowest BCUT2D eigenvalue weighted by Crippen LogP contribution is -1.88. The third-order valence-corrected chi connectivity index (χ3v) is 5.53. The smallest absolute Gasteiger partial charge is 0.0450 e. The second-order valence-corrected chi connectivity index (χ2v) is 8.19. The number of hydrogen-bond acceptors (Lipinski definition) is 0. The van der Waals surface area contributed by atoms with E-state index in [9.17, 15) is 0 Å². The summed E-state index contributed by atoms with van der Waals surface area (Å²) in [7, 11) is 0. The van der Waals surface area contributed by atoms with E-state index in [2.05, 4.69) is 73.9 Å². The Hall–Kier alpha value is -2.93. The van der Waals surface area contributed by atoms with Crippen LogP contribution in [-0.4, -0.2) is 0 Å². The van der Waals surface area contributed by atoms with Gasteiger partial charge in [-0.05, 0) is 78.9 Å². The second-order valence-electron chi connectivity index (χ2n) is 7.79. The lowest BCUT2D eigenvalue weighted by atomic mass is 10.0. The number of rotatable bonds is 6. The molecule has 0 fully saturated rings.